The van der Waals surface area contributed by atoms with E-state index < -0.39 is 5.41 Å². The fraction of sp³-hybridized carbons (Fsp3) is 0.0323. The largest absolute Gasteiger partial charge is 0.310 e. The number of hydrogen-bond donors (Lipinski definition) is 0. The molecular weight excluding hydrogens is 416 g/mol. The van der Waals surface area contributed by atoms with Gasteiger partial charge in [-0.25, -0.2) is 0 Å². The Morgan fingerprint density at radius 2 is 1.12 bits per heavy atom. The van der Waals surface area contributed by atoms with Gasteiger partial charge in [0.15, 0.2) is 5.78 Å². The quantitative estimate of drug-likeness (QED) is 0.284. The second-order valence-electron chi connectivity index (χ2n) is 8.75. The Balaban J connectivity index is 1.69. The molecule has 0 fully saturated rings. The van der Waals surface area contributed by atoms with Crippen molar-refractivity contribution in [3.8, 4) is 0 Å². The summed E-state index contributed by atoms with van der Waals surface area (Å²) in [6.45, 7) is 0. The minimum atomic E-state index is -0.646. The van der Waals surface area contributed by atoms with Crippen molar-refractivity contribution in [2.45, 2.75) is 5.41 Å². The average Bonchev–Trinajstić information content (AvgIpc) is 2.91. The minimum Gasteiger partial charge on any atom is -0.310 e. The molecule has 3 heteroatoms. The van der Waals surface area contributed by atoms with Gasteiger partial charge in [0.2, 0.25) is 0 Å². The molecule has 0 atom stereocenters. The molecule has 0 unspecified atom stereocenters. The maximum Gasteiger partial charge on any atom is 0.193 e. The number of nitrogens with zero attached hydrogens (tertiary/aromatic N) is 2. The van der Waals surface area contributed by atoms with Crippen molar-refractivity contribution in [1.82, 2.24) is 4.98 Å². The molecule has 7 rings (SSSR count). The summed E-state index contributed by atoms with van der Waals surface area (Å²) in [5, 5.41) is 0. The third-order valence-corrected chi connectivity index (χ3v) is 7.16. The van der Waals surface area contributed by atoms with E-state index in [1.54, 1.807) is 6.20 Å². The highest BCUT2D eigenvalue weighted by atomic mass is 16.1. The topological polar surface area (TPSA) is 33.2 Å². The van der Waals surface area contributed by atoms with Gasteiger partial charge in [-0.05, 0) is 47.0 Å². The SMILES string of the molecule is O=C1c2ccccc2C2(c3cnccc31)c1ccccc1N(c1ccccc1)c1ccccc12. The summed E-state index contributed by atoms with van der Waals surface area (Å²) < 4.78 is 0. The van der Waals surface area contributed by atoms with Gasteiger partial charge in [0.05, 0.1) is 16.8 Å². The van der Waals surface area contributed by atoms with Crippen LogP contribution in [0.1, 0.15) is 38.2 Å². The lowest BCUT2D eigenvalue weighted by Gasteiger charge is -2.48. The third-order valence-electron chi connectivity index (χ3n) is 7.16. The molecule has 160 valence electrons. The Hall–Kier alpha value is -4.50. The number of carbonyl (C=O) groups excluding carboxylic acids is 1. The zero-order valence-electron chi connectivity index (χ0n) is 18.3. The number of rotatable bonds is 1. The summed E-state index contributed by atoms with van der Waals surface area (Å²) in [5.41, 5.74) is 8.36. The summed E-state index contributed by atoms with van der Waals surface area (Å²) in [6.07, 6.45) is 3.60. The van der Waals surface area contributed by atoms with E-state index in [9.17, 15) is 4.79 Å². The number of benzene rings is 4. The molecule has 34 heavy (non-hydrogen) atoms. The molecule has 0 N–H and O–H groups in total. The van der Waals surface area contributed by atoms with Gasteiger partial charge in [0.1, 0.15) is 0 Å². The zero-order valence-corrected chi connectivity index (χ0v) is 18.3. The Bertz CT molecular complexity index is 1490. The van der Waals surface area contributed by atoms with Gasteiger partial charge in [-0.15, -0.1) is 0 Å². The molecule has 1 aromatic heterocycles. The molecular formula is C31H20N2O. The van der Waals surface area contributed by atoms with Crippen LogP contribution in [0.4, 0.5) is 17.1 Å². The maximum absolute atomic E-state index is 13.6. The number of fused-ring (bicyclic) bond motifs is 8. The molecule has 0 amide bonds. The fourth-order valence-electron chi connectivity index (χ4n) is 5.87. The average molecular weight is 437 g/mol. The Kier molecular flexibility index (Phi) is 3.91. The van der Waals surface area contributed by atoms with Crippen LogP contribution >= 0.6 is 0 Å². The van der Waals surface area contributed by atoms with E-state index in [2.05, 4.69) is 88.7 Å². The van der Waals surface area contributed by atoms with Crippen LogP contribution in [-0.2, 0) is 5.41 Å². The lowest BCUT2D eigenvalue weighted by molar-refractivity contribution is 0.103. The molecule has 0 radical (unpaired) electrons. The fourth-order valence-corrected chi connectivity index (χ4v) is 5.87. The minimum absolute atomic E-state index is 0.0547. The first-order chi connectivity index (χ1) is 16.8. The lowest BCUT2D eigenvalue weighted by atomic mass is 9.58. The molecule has 1 aliphatic carbocycles. The van der Waals surface area contributed by atoms with E-state index in [-0.39, 0.29) is 5.78 Å². The maximum atomic E-state index is 13.6. The molecule has 2 heterocycles. The standard InChI is InChI=1S/C31H20N2O/c34-30-22-12-4-5-13-24(22)31(27-20-32-19-18-23(27)30)25-14-6-8-16-28(25)33(21-10-2-1-3-11-21)29-17-9-7-15-26(29)31/h1-20H. The van der Waals surface area contributed by atoms with Crippen molar-refractivity contribution in [2.24, 2.45) is 0 Å². The molecule has 5 aromatic rings. The summed E-state index contributed by atoms with van der Waals surface area (Å²) in [4.78, 5) is 20.4. The highest BCUT2D eigenvalue weighted by Crippen LogP contribution is 2.59. The molecule has 3 nitrogen and oxygen atoms in total. The molecule has 1 spiro atoms. The molecule has 4 aromatic carbocycles. The smallest absolute Gasteiger partial charge is 0.193 e. The summed E-state index contributed by atoms with van der Waals surface area (Å²) in [6, 6.07) is 37.5. The first kappa shape index (κ1) is 19.0. The Morgan fingerprint density at radius 3 is 1.82 bits per heavy atom. The first-order valence-corrected chi connectivity index (χ1v) is 11.4. The highest BCUT2D eigenvalue weighted by molar-refractivity contribution is 6.14. The predicted octanol–water partition coefficient (Wildman–Crippen LogP) is 6.79. The van der Waals surface area contributed by atoms with Gasteiger partial charge >= 0.3 is 0 Å². The third kappa shape index (κ3) is 2.31. The van der Waals surface area contributed by atoms with Crippen LogP contribution in [0.25, 0.3) is 0 Å². The first-order valence-electron chi connectivity index (χ1n) is 11.4. The van der Waals surface area contributed by atoms with Crippen molar-refractivity contribution in [3.63, 3.8) is 0 Å². The molecule has 2 aliphatic rings. The van der Waals surface area contributed by atoms with Crippen molar-refractivity contribution in [1.29, 1.82) is 0 Å². The predicted molar refractivity (Wildman–Crippen MR) is 134 cm³/mol. The van der Waals surface area contributed by atoms with Crippen molar-refractivity contribution in [3.05, 3.63) is 155 Å². The van der Waals surface area contributed by atoms with Crippen LogP contribution in [0.2, 0.25) is 0 Å². The number of anilines is 3. The normalized spacial score (nSPS) is 14.7. The monoisotopic (exact) mass is 436 g/mol. The van der Waals surface area contributed by atoms with Gasteiger partial charge in [0.25, 0.3) is 0 Å². The van der Waals surface area contributed by atoms with Crippen LogP contribution in [0.15, 0.2) is 122 Å². The lowest BCUT2D eigenvalue weighted by Crippen LogP contribution is -2.42. The highest BCUT2D eigenvalue weighted by Gasteiger charge is 2.51. The van der Waals surface area contributed by atoms with Gasteiger partial charge < -0.3 is 4.90 Å². The summed E-state index contributed by atoms with van der Waals surface area (Å²) in [5.74, 6) is 0.0547. The van der Waals surface area contributed by atoms with E-state index >= 15 is 0 Å². The van der Waals surface area contributed by atoms with Crippen LogP contribution < -0.4 is 4.90 Å². The molecule has 1 aliphatic heterocycles. The number of aromatic nitrogens is 1. The Morgan fingerprint density at radius 1 is 0.559 bits per heavy atom. The summed E-state index contributed by atoms with van der Waals surface area (Å²) in [7, 11) is 0. The van der Waals surface area contributed by atoms with Gasteiger partial charge in [-0.2, -0.15) is 0 Å². The molecule has 0 saturated carbocycles. The van der Waals surface area contributed by atoms with E-state index in [4.69, 9.17) is 0 Å². The second kappa shape index (κ2) is 7.00. The zero-order chi connectivity index (χ0) is 22.7. The number of hydrogen-bond acceptors (Lipinski definition) is 3. The Labute approximate surface area is 198 Å². The number of para-hydroxylation sites is 3. The van der Waals surface area contributed by atoms with Gasteiger partial charge in [-0.1, -0.05) is 78.9 Å². The van der Waals surface area contributed by atoms with Crippen molar-refractivity contribution in [2.75, 3.05) is 4.90 Å². The van der Waals surface area contributed by atoms with Crippen molar-refractivity contribution >= 4 is 22.8 Å². The van der Waals surface area contributed by atoms with E-state index in [0.29, 0.717) is 5.56 Å². The van der Waals surface area contributed by atoms with Crippen LogP contribution in [0, 0.1) is 0 Å². The summed E-state index contributed by atoms with van der Waals surface area (Å²) >= 11 is 0. The molecule has 0 saturated heterocycles. The van der Waals surface area contributed by atoms with Crippen molar-refractivity contribution < 1.29 is 4.79 Å². The number of carbonyl (C=O) groups is 1. The van der Waals surface area contributed by atoms with Gasteiger partial charge in [0, 0.05) is 34.8 Å². The van der Waals surface area contributed by atoms with E-state index in [0.717, 1.165) is 44.9 Å². The number of pyridine rings is 1. The van der Waals surface area contributed by atoms with Crippen LogP contribution in [-0.4, -0.2) is 10.8 Å². The van der Waals surface area contributed by atoms with Crippen LogP contribution in [0.5, 0.6) is 0 Å². The van der Waals surface area contributed by atoms with Gasteiger partial charge in [-0.3, -0.25) is 9.78 Å². The van der Waals surface area contributed by atoms with Crippen LogP contribution in [0.3, 0.4) is 0 Å². The van der Waals surface area contributed by atoms with E-state index in [1.807, 2.05) is 36.5 Å². The van der Waals surface area contributed by atoms with E-state index in [1.165, 1.54) is 0 Å². The second-order valence-corrected chi connectivity index (χ2v) is 8.75. The number of ketones is 1. The molecule has 0 bridgehead atoms.